The summed E-state index contributed by atoms with van der Waals surface area (Å²) in [6.45, 7) is 1.74. The predicted octanol–water partition coefficient (Wildman–Crippen LogP) is 2.20. The van der Waals surface area contributed by atoms with Crippen LogP contribution in [-0.2, 0) is 4.79 Å². The van der Waals surface area contributed by atoms with Crippen molar-refractivity contribution >= 4 is 11.7 Å². The number of benzene rings is 1. The molecule has 1 atom stereocenters. The van der Waals surface area contributed by atoms with Gasteiger partial charge in [-0.25, -0.2) is 0 Å². The van der Waals surface area contributed by atoms with E-state index >= 15 is 0 Å². The van der Waals surface area contributed by atoms with Crippen LogP contribution in [0.1, 0.15) is 31.4 Å². The summed E-state index contributed by atoms with van der Waals surface area (Å²) in [6, 6.07) is 6.46. The second-order valence-electron chi connectivity index (χ2n) is 4.79. The first-order chi connectivity index (χ1) is 9.00. The van der Waals surface area contributed by atoms with E-state index in [9.17, 15) is 14.9 Å². The Balaban J connectivity index is 2.28. The highest BCUT2D eigenvalue weighted by atomic mass is 16.6. The van der Waals surface area contributed by atoms with Gasteiger partial charge in [-0.05, 0) is 19.8 Å². The fourth-order valence-electron chi connectivity index (χ4n) is 2.33. The summed E-state index contributed by atoms with van der Waals surface area (Å²) in [5.41, 5.74) is 0.617. The van der Waals surface area contributed by atoms with Crippen LogP contribution in [0, 0.1) is 10.1 Å². The zero-order valence-electron chi connectivity index (χ0n) is 10.7. The molecule has 0 radical (unpaired) electrons. The van der Waals surface area contributed by atoms with E-state index in [0.717, 1.165) is 12.8 Å². The molecule has 2 rings (SSSR count). The van der Waals surface area contributed by atoms with Gasteiger partial charge in [0.15, 0.2) is 0 Å². The average Bonchev–Trinajstić information content (AvgIpc) is 3.19. The highest BCUT2D eigenvalue weighted by Crippen LogP contribution is 2.36. The number of nitrogens with zero attached hydrogens (tertiary/aromatic N) is 2. The zero-order valence-corrected chi connectivity index (χ0v) is 10.7. The minimum Gasteiger partial charge on any atom is -0.480 e. The molecule has 1 aliphatic rings. The molecule has 1 aromatic carbocycles. The maximum atomic E-state index is 11.0. The van der Waals surface area contributed by atoms with Gasteiger partial charge >= 0.3 is 5.97 Å². The molecule has 1 N–H and O–H groups in total. The van der Waals surface area contributed by atoms with Crippen LogP contribution in [0.5, 0.6) is 0 Å². The fraction of sp³-hybridized carbons (Fsp3) is 0.462. The Morgan fingerprint density at radius 1 is 1.53 bits per heavy atom. The van der Waals surface area contributed by atoms with Crippen molar-refractivity contribution in [1.29, 1.82) is 0 Å². The van der Waals surface area contributed by atoms with Gasteiger partial charge in [0.1, 0.15) is 0 Å². The van der Waals surface area contributed by atoms with Crippen LogP contribution in [0.25, 0.3) is 0 Å². The fourth-order valence-corrected chi connectivity index (χ4v) is 2.33. The van der Waals surface area contributed by atoms with E-state index in [0.29, 0.717) is 5.56 Å². The molecule has 1 aliphatic carbocycles. The van der Waals surface area contributed by atoms with Crippen molar-refractivity contribution in [3.8, 4) is 0 Å². The summed E-state index contributed by atoms with van der Waals surface area (Å²) in [4.78, 5) is 23.4. The number of rotatable bonds is 6. The van der Waals surface area contributed by atoms with E-state index < -0.39 is 10.9 Å². The molecular weight excluding hydrogens is 248 g/mol. The Morgan fingerprint density at radius 2 is 2.16 bits per heavy atom. The van der Waals surface area contributed by atoms with Gasteiger partial charge in [-0.15, -0.1) is 0 Å². The molecule has 1 saturated carbocycles. The third-order valence-corrected chi connectivity index (χ3v) is 3.41. The molecule has 0 saturated heterocycles. The van der Waals surface area contributed by atoms with E-state index in [2.05, 4.69) is 0 Å². The van der Waals surface area contributed by atoms with E-state index in [-0.39, 0.29) is 24.3 Å². The van der Waals surface area contributed by atoms with Crippen LogP contribution in [0.4, 0.5) is 5.69 Å². The Morgan fingerprint density at radius 3 is 2.68 bits per heavy atom. The van der Waals surface area contributed by atoms with Crippen molar-refractivity contribution in [3.63, 3.8) is 0 Å². The third-order valence-electron chi connectivity index (χ3n) is 3.41. The lowest BCUT2D eigenvalue weighted by Crippen LogP contribution is -2.34. The van der Waals surface area contributed by atoms with Gasteiger partial charge < -0.3 is 5.11 Å². The molecule has 6 heteroatoms. The molecule has 0 heterocycles. The smallest absolute Gasteiger partial charge is 0.317 e. The number of carboxylic acid groups (broad SMARTS) is 1. The zero-order chi connectivity index (χ0) is 14.0. The molecule has 0 bridgehead atoms. The number of hydrogen-bond acceptors (Lipinski definition) is 4. The standard InChI is InChI=1S/C13H16N2O4/c1-9(14(8-13(16)17)10-6-7-10)11-4-2-3-5-12(11)15(18)19/h2-5,9-10H,6-8H2,1H3,(H,16,17). The second kappa shape index (κ2) is 5.36. The van der Waals surface area contributed by atoms with Crippen LogP contribution in [0.15, 0.2) is 24.3 Å². The Hall–Kier alpha value is -1.95. The van der Waals surface area contributed by atoms with Gasteiger partial charge in [-0.1, -0.05) is 18.2 Å². The minimum atomic E-state index is -0.905. The van der Waals surface area contributed by atoms with Crippen molar-refractivity contribution < 1.29 is 14.8 Å². The summed E-state index contributed by atoms with van der Waals surface area (Å²) in [5, 5.41) is 20.0. The first-order valence-electron chi connectivity index (χ1n) is 6.21. The molecule has 0 amide bonds. The van der Waals surface area contributed by atoms with Gasteiger partial charge in [0.25, 0.3) is 5.69 Å². The molecule has 0 aliphatic heterocycles. The van der Waals surface area contributed by atoms with Crippen molar-refractivity contribution in [2.24, 2.45) is 0 Å². The van der Waals surface area contributed by atoms with Crippen LogP contribution < -0.4 is 0 Å². The van der Waals surface area contributed by atoms with E-state index in [4.69, 9.17) is 5.11 Å². The first-order valence-corrected chi connectivity index (χ1v) is 6.21. The van der Waals surface area contributed by atoms with Gasteiger partial charge in [0, 0.05) is 23.7 Å². The van der Waals surface area contributed by atoms with Crippen LogP contribution >= 0.6 is 0 Å². The predicted molar refractivity (Wildman–Crippen MR) is 68.9 cm³/mol. The van der Waals surface area contributed by atoms with E-state index in [1.807, 2.05) is 11.8 Å². The summed E-state index contributed by atoms with van der Waals surface area (Å²) in [5.74, 6) is -0.905. The average molecular weight is 264 g/mol. The molecular formula is C13H16N2O4. The summed E-state index contributed by atoms with van der Waals surface area (Å²) < 4.78 is 0. The molecule has 1 aromatic rings. The first kappa shape index (κ1) is 13.5. The van der Waals surface area contributed by atoms with Gasteiger partial charge in [0.2, 0.25) is 0 Å². The van der Waals surface area contributed by atoms with Crippen molar-refractivity contribution in [3.05, 3.63) is 39.9 Å². The maximum Gasteiger partial charge on any atom is 0.317 e. The number of nitro benzene ring substituents is 1. The quantitative estimate of drug-likeness (QED) is 0.629. The van der Waals surface area contributed by atoms with Crippen LogP contribution in [0.3, 0.4) is 0 Å². The third kappa shape index (κ3) is 3.08. The van der Waals surface area contributed by atoms with Crippen LogP contribution in [0.2, 0.25) is 0 Å². The molecule has 0 aromatic heterocycles. The molecule has 1 unspecified atom stereocenters. The number of carboxylic acids is 1. The number of aliphatic carboxylic acids is 1. The SMILES string of the molecule is CC(c1ccccc1[N+](=O)[O-])N(CC(=O)O)C1CC1. The molecule has 1 fully saturated rings. The topological polar surface area (TPSA) is 83.7 Å². The number of nitro groups is 1. The monoisotopic (exact) mass is 264 g/mol. The highest BCUT2D eigenvalue weighted by molar-refractivity contribution is 5.69. The molecule has 102 valence electrons. The number of hydrogen-bond donors (Lipinski definition) is 1. The van der Waals surface area contributed by atoms with E-state index in [1.165, 1.54) is 6.07 Å². The summed E-state index contributed by atoms with van der Waals surface area (Å²) in [7, 11) is 0. The lowest BCUT2D eigenvalue weighted by Gasteiger charge is -2.27. The lowest BCUT2D eigenvalue weighted by molar-refractivity contribution is -0.386. The summed E-state index contributed by atoms with van der Waals surface area (Å²) >= 11 is 0. The highest BCUT2D eigenvalue weighted by Gasteiger charge is 2.35. The van der Waals surface area contributed by atoms with Gasteiger partial charge in [-0.3, -0.25) is 19.8 Å². The molecule has 0 spiro atoms. The van der Waals surface area contributed by atoms with Crippen molar-refractivity contribution in [2.75, 3.05) is 6.54 Å². The Kier molecular flexibility index (Phi) is 3.80. The lowest BCUT2D eigenvalue weighted by atomic mass is 10.0. The Labute approximate surface area is 110 Å². The normalized spacial score (nSPS) is 16.3. The maximum absolute atomic E-state index is 11.0. The molecule has 19 heavy (non-hydrogen) atoms. The van der Waals surface area contributed by atoms with Crippen LogP contribution in [-0.4, -0.2) is 33.5 Å². The summed E-state index contributed by atoms with van der Waals surface area (Å²) in [6.07, 6.45) is 1.91. The largest absolute Gasteiger partial charge is 0.480 e. The minimum absolute atomic E-state index is 0.0473. The van der Waals surface area contributed by atoms with Crippen molar-refractivity contribution in [2.45, 2.75) is 31.8 Å². The number of para-hydroxylation sites is 1. The van der Waals surface area contributed by atoms with Gasteiger partial charge in [0.05, 0.1) is 11.5 Å². The van der Waals surface area contributed by atoms with Gasteiger partial charge in [-0.2, -0.15) is 0 Å². The Bertz CT molecular complexity index is 499. The van der Waals surface area contributed by atoms with E-state index in [1.54, 1.807) is 18.2 Å². The second-order valence-corrected chi connectivity index (χ2v) is 4.79. The van der Waals surface area contributed by atoms with Crippen molar-refractivity contribution in [1.82, 2.24) is 4.90 Å². The number of carbonyl (C=O) groups is 1. The molecule has 6 nitrogen and oxygen atoms in total.